The molecule has 0 bridgehead atoms. The predicted molar refractivity (Wildman–Crippen MR) is 128 cm³/mol. The van der Waals surface area contributed by atoms with Crippen LogP contribution in [0.5, 0.6) is 0 Å². The summed E-state index contributed by atoms with van der Waals surface area (Å²) in [7, 11) is 0. The van der Waals surface area contributed by atoms with Gasteiger partial charge in [0.25, 0.3) is 0 Å². The highest BCUT2D eigenvalue weighted by molar-refractivity contribution is 5.77. The number of amides is 1. The Hall–Kier alpha value is -2.46. The smallest absolute Gasteiger partial charge is 0.389 e. The summed E-state index contributed by atoms with van der Waals surface area (Å²) in [4.78, 5) is 14.7. The Morgan fingerprint density at radius 1 is 1.11 bits per heavy atom. The molecular weight excluding hydrogens is 473 g/mol. The second-order valence-corrected chi connectivity index (χ2v) is 9.66. The molecule has 4 rings (SSSR count). The zero-order valence-corrected chi connectivity index (χ0v) is 20.3. The summed E-state index contributed by atoms with van der Waals surface area (Å²) in [6.07, 6.45) is -4.01. The summed E-state index contributed by atoms with van der Waals surface area (Å²) < 4.78 is 50.7. The number of β-amino-alcohol motifs (C(OH)–C–C–N with tert-alkyl or cyclic N) is 1. The summed E-state index contributed by atoms with van der Waals surface area (Å²) in [5, 5.41) is 13.4. The number of hydrogen-bond donors (Lipinski definition) is 2. The van der Waals surface area contributed by atoms with Crippen molar-refractivity contribution >= 4 is 5.91 Å². The van der Waals surface area contributed by atoms with Gasteiger partial charge in [-0.05, 0) is 43.0 Å². The Balaban J connectivity index is 1.37. The maximum absolute atomic E-state index is 12.9. The van der Waals surface area contributed by atoms with Crippen molar-refractivity contribution < 1.29 is 32.5 Å². The van der Waals surface area contributed by atoms with E-state index in [9.17, 15) is 23.1 Å². The number of alkyl halides is 3. The molecule has 2 aromatic rings. The molecule has 36 heavy (non-hydrogen) atoms. The molecule has 9 heteroatoms. The van der Waals surface area contributed by atoms with Gasteiger partial charge >= 0.3 is 6.18 Å². The highest BCUT2D eigenvalue weighted by Crippen LogP contribution is 2.31. The van der Waals surface area contributed by atoms with Crippen LogP contribution in [-0.4, -0.2) is 60.0 Å². The zero-order valence-electron chi connectivity index (χ0n) is 20.3. The minimum atomic E-state index is -4.38. The van der Waals surface area contributed by atoms with Crippen molar-refractivity contribution in [3.63, 3.8) is 0 Å². The first kappa shape index (κ1) is 26.6. The normalized spacial score (nSPS) is 26.4. The van der Waals surface area contributed by atoms with Crippen molar-refractivity contribution in [3.8, 4) is 0 Å². The molecule has 6 nitrogen and oxygen atoms in total. The lowest BCUT2D eigenvalue weighted by atomic mass is 9.94. The van der Waals surface area contributed by atoms with Gasteiger partial charge in [0.15, 0.2) is 0 Å². The molecule has 2 fully saturated rings. The van der Waals surface area contributed by atoms with Gasteiger partial charge in [-0.15, -0.1) is 0 Å². The van der Waals surface area contributed by atoms with Crippen molar-refractivity contribution in [2.75, 3.05) is 19.8 Å². The molecule has 2 heterocycles. The van der Waals surface area contributed by atoms with E-state index in [1.165, 1.54) is 12.1 Å². The van der Waals surface area contributed by atoms with E-state index in [4.69, 9.17) is 9.47 Å². The first-order valence-electron chi connectivity index (χ1n) is 12.3. The Morgan fingerprint density at radius 3 is 2.53 bits per heavy atom. The largest absolute Gasteiger partial charge is 0.416 e. The molecule has 1 amide bonds. The lowest BCUT2D eigenvalue weighted by Crippen LogP contribution is -2.55. The topological polar surface area (TPSA) is 71.0 Å². The third-order valence-corrected chi connectivity index (χ3v) is 6.84. The maximum Gasteiger partial charge on any atom is 0.416 e. The van der Waals surface area contributed by atoms with Gasteiger partial charge in [-0.1, -0.05) is 42.5 Å². The number of ether oxygens (including phenoxy) is 2. The lowest BCUT2D eigenvalue weighted by molar-refractivity contribution is -0.158. The highest BCUT2D eigenvalue weighted by Gasteiger charge is 2.38. The second kappa shape index (κ2) is 11.7. The average molecular weight is 507 g/mol. The second-order valence-electron chi connectivity index (χ2n) is 9.66. The predicted octanol–water partition coefficient (Wildman–Crippen LogP) is 4.08. The zero-order chi connectivity index (χ0) is 25.7. The van der Waals surface area contributed by atoms with E-state index < -0.39 is 17.8 Å². The van der Waals surface area contributed by atoms with Crippen molar-refractivity contribution in [2.45, 2.75) is 69.3 Å². The number of rotatable bonds is 6. The molecule has 0 spiro atoms. The fourth-order valence-corrected chi connectivity index (χ4v) is 4.99. The quantitative estimate of drug-likeness (QED) is 0.618. The number of fused-ring (bicyclic) bond motifs is 1. The number of aliphatic hydroxyl groups excluding tert-OH is 1. The third-order valence-electron chi connectivity index (χ3n) is 6.84. The monoisotopic (exact) mass is 506 g/mol. The van der Waals surface area contributed by atoms with Crippen LogP contribution in [0.2, 0.25) is 0 Å². The van der Waals surface area contributed by atoms with Crippen LogP contribution < -0.4 is 5.32 Å². The number of aliphatic hydroxyl groups is 1. The molecule has 5 atom stereocenters. The molecule has 2 aliphatic rings. The standard InChI is InChI=1S/C27H33F3N2O4/c1-18(20-5-3-2-4-6-20)31-26(34)13-23-11-12-24-25(36-23)17-35-16-22(33)15-32(24)14-19-7-9-21(10-8-19)27(28,29)30/h2-10,18,22-25,33H,11-17H2,1H3,(H,31,34)/t18-,22-,23+,24-,25+/m0/s1. The van der Waals surface area contributed by atoms with E-state index in [0.29, 0.717) is 19.5 Å². The Morgan fingerprint density at radius 2 is 1.83 bits per heavy atom. The fraction of sp³-hybridized carbons (Fsp3) is 0.519. The van der Waals surface area contributed by atoms with Gasteiger partial charge in [-0.25, -0.2) is 0 Å². The SMILES string of the molecule is C[C@H](NC(=O)C[C@H]1CC[C@H]2[C@@H](COC[C@@H](O)CN2Cc2ccc(C(F)(F)F)cc2)O1)c1ccccc1. The van der Waals surface area contributed by atoms with E-state index in [-0.39, 0.29) is 49.8 Å². The molecular formula is C27H33F3N2O4. The number of halogens is 3. The molecule has 2 saturated heterocycles. The minimum absolute atomic E-state index is 0.0789. The van der Waals surface area contributed by atoms with Gasteiger partial charge < -0.3 is 19.9 Å². The maximum atomic E-state index is 12.9. The van der Waals surface area contributed by atoms with Crippen molar-refractivity contribution in [1.29, 1.82) is 0 Å². The Kier molecular flexibility index (Phi) is 8.66. The lowest BCUT2D eigenvalue weighted by Gasteiger charge is -2.44. The summed E-state index contributed by atoms with van der Waals surface area (Å²) in [5.41, 5.74) is 1.07. The van der Waals surface area contributed by atoms with Crippen LogP contribution in [0.4, 0.5) is 13.2 Å². The highest BCUT2D eigenvalue weighted by atomic mass is 19.4. The van der Waals surface area contributed by atoms with E-state index in [2.05, 4.69) is 10.2 Å². The van der Waals surface area contributed by atoms with Crippen molar-refractivity contribution in [1.82, 2.24) is 10.2 Å². The number of carbonyl (C=O) groups excluding carboxylic acids is 1. The van der Waals surface area contributed by atoms with Gasteiger partial charge in [0, 0.05) is 19.1 Å². The molecule has 2 aliphatic heterocycles. The minimum Gasteiger partial charge on any atom is -0.389 e. The van der Waals surface area contributed by atoms with Crippen LogP contribution in [0, 0.1) is 0 Å². The van der Waals surface area contributed by atoms with Crippen LogP contribution in [0.1, 0.15) is 48.9 Å². The van der Waals surface area contributed by atoms with Crippen LogP contribution in [0.25, 0.3) is 0 Å². The molecule has 0 aromatic heterocycles. The molecule has 2 aromatic carbocycles. The Labute approximate surface area is 209 Å². The molecule has 0 radical (unpaired) electrons. The summed E-state index contributed by atoms with van der Waals surface area (Å²) >= 11 is 0. The summed E-state index contributed by atoms with van der Waals surface area (Å²) in [5.74, 6) is -0.0846. The Bertz CT molecular complexity index is 987. The molecule has 2 N–H and O–H groups in total. The van der Waals surface area contributed by atoms with E-state index in [1.807, 2.05) is 37.3 Å². The number of nitrogens with zero attached hydrogens (tertiary/aromatic N) is 1. The molecule has 0 unspecified atom stereocenters. The number of hydrogen-bond acceptors (Lipinski definition) is 5. The number of benzene rings is 2. The molecule has 0 aliphatic carbocycles. The van der Waals surface area contributed by atoms with Gasteiger partial charge in [-0.2, -0.15) is 13.2 Å². The first-order chi connectivity index (χ1) is 17.2. The summed E-state index contributed by atoms with van der Waals surface area (Å²) in [6, 6.07) is 14.7. The molecule has 196 valence electrons. The van der Waals surface area contributed by atoms with E-state index in [1.54, 1.807) is 0 Å². The van der Waals surface area contributed by atoms with Gasteiger partial charge in [0.2, 0.25) is 5.91 Å². The average Bonchev–Trinajstić information content (AvgIpc) is 2.83. The van der Waals surface area contributed by atoms with Crippen LogP contribution in [0.3, 0.4) is 0 Å². The summed E-state index contributed by atoms with van der Waals surface area (Å²) in [6.45, 7) is 3.09. The van der Waals surface area contributed by atoms with Crippen LogP contribution in [-0.2, 0) is 27.0 Å². The van der Waals surface area contributed by atoms with E-state index in [0.717, 1.165) is 29.7 Å². The van der Waals surface area contributed by atoms with Gasteiger partial charge in [0.05, 0.1) is 49.6 Å². The first-order valence-corrected chi connectivity index (χ1v) is 12.3. The van der Waals surface area contributed by atoms with Gasteiger partial charge in [0.1, 0.15) is 0 Å². The number of carbonyl (C=O) groups is 1. The van der Waals surface area contributed by atoms with Crippen LogP contribution >= 0.6 is 0 Å². The third kappa shape index (κ3) is 7.06. The number of nitrogens with one attached hydrogen (secondary N) is 1. The molecule has 0 saturated carbocycles. The van der Waals surface area contributed by atoms with Crippen molar-refractivity contribution in [3.05, 3.63) is 71.3 Å². The van der Waals surface area contributed by atoms with Crippen molar-refractivity contribution in [2.24, 2.45) is 0 Å². The fourth-order valence-electron chi connectivity index (χ4n) is 4.99. The van der Waals surface area contributed by atoms with Crippen LogP contribution in [0.15, 0.2) is 54.6 Å². The van der Waals surface area contributed by atoms with Gasteiger partial charge in [-0.3, -0.25) is 9.69 Å². The van der Waals surface area contributed by atoms with E-state index >= 15 is 0 Å².